The molecule has 2 aliphatic rings. The number of nitro groups is 1. The maximum Gasteiger partial charge on any atom is 0.207 e. The minimum absolute atomic E-state index is 0.0802. The van der Waals surface area contributed by atoms with Crippen molar-refractivity contribution in [3.8, 4) is 5.75 Å². The summed E-state index contributed by atoms with van der Waals surface area (Å²) in [5.74, 6) is -1.86. The Hall–Kier alpha value is -2.24. The smallest absolute Gasteiger partial charge is 0.207 e. The molecule has 21 heavy (non-hydrogen) atoms. The molecule has 0 spiro atoms. The Bertz CT molecular complexity index is 639. The van der Waals surface area contributed by atoms with Gasteiger partial charge in [-0.1, -0.05) is 12.1 Å². The fraction of sp³-hybridized carbons (Fsp3) is 0.467. The van der Waals surface area contributed by atoms with Gasteiger partial charge in [-0.2, -0.15) is 0 Å². The van der Waals surface area contributed by atoms with Crippen LogP contribution in [0.25, 0.3) is 0 Å². The molecule has 3 atom stereocenters. The quantitative estimate of drug-likeness (QED) is 0.507. The van der Waals surface area contributed by atoms with Crippen molar-refractivity contribution in [1.82, 2.24) is 0 Å². The first kappa shape index (κ1) is 13.7. The Balaban J connectivity index is 1.93. The van der Waals surface area contributed by atoms with Gasteiger partial charge in [-0.05, 0) is 30.4 Å². The van der Waals surface area contributed by atoms with Crippen LogP contribution < -0.4 is 0 Å². The number of nitrogens with zero attached hydrogens (tertiary/aromatic N) is 1. The van der Waals surface area contributed by atoms with Crippen molar-refractivity contribution in [3.63, 3.8) is 0 Å². The minimum Gasteiger partial charge on any atom is -0.507 e. The van der Waals surface area contributed by atoms with Crippen LogP contribution in [0, 0.1) is 27.9 Å². The van der Waals surface area contributed by atoms with E-state index in [1.54, 1.807) is 12.1 Å². The van der Waals surface area contributed by atoms with E-state index in [2.05, 4.69) is 0 Å². The third-order valence-corrected chi connectivity index (χ3v) is 4.49. The second kappa shape index (κ2) is 4.95. The summed E-state index contributed by atoms with van der Waals surface area (Å²) in [4.78, 5) is 35.0. The number of phenolic OH excluding ortho intramolecular Hbond substituents is 1. The summed E-state index contributed by atoms with van der Waals surface area (Å²) < 4.78 is 0. The number of phenols is 1. The molecule has 3 unspecified atom stereocenters. The van der Waals surface area contributed by atoms with Crippen molar-refractivity contribution in [1.29, 1.82) is 0 Å². The van der Waals surface area contributed by atoms with Crippen LogP contribution >= 0.6 is 0 Å². The van der Waals surface area contributed by atoms with Gasteiger partial charge in [-0.25, -0.2) is 0 Å². The summed E-state index contributed by atoms with van der Waals surface area (Å²) >= 11 is 0. The fourth-order valence-corrected chi connectivity index (χ4v) is 3.71. The van der Waals surface area contributed by atoms with E-state index in [0.29, 0.717) is 12.8 Å². The fourth-order valence-electron chi connectivity index (χ4n) is 3.71. The highest BCUT2D eigenvalue weighted by molar-refractivity contribution is 6.14. The van der Waals surface area contributed by atoms with Crippen LogP contribution in [0.5, 0.6) is 5.75 Å². The van der Waals surface area contributed by atoms with E-state index in [-0.39, 0.29) is 47.7 Å². The van der Waals surface area contributed by atoms with Gasteiger partial charge >= 0.3 is 0 Å². The van der Waals surface area contributed by atoms with Crippen LogP contribution in [0.15, 0.2) is 18.2 Å². The van der Waals surface area contributed by atoms with E-state index in [1.165, 1.54) is 6.07 Å². The molecule has 1 N–H and O–H groups in total. The monoisotopic (exact) mass is 289 g/mol. The largest absolute Gasteiger partial charge is 0.507 e. The molecule has 0 heterocycles. The van der Waals surface area contributed by atoms with Crippen molar-refractivity contribution < 1.29 is 19.6 Å². The zero-order chi connectivity index (χ0) is 15.1. The second-order valence-electron chi connectivity index (χ2n) is 5.90. The van der Waals surface area contributed by atoms with Crippen molar-refractivity contribution in [3.05, 3.63) is 39.4 Å². The Morgan fingerprint density at radius 1 is 1.29 bits per heavy atom. The molecule has 1 saturated carbocycles. The normalized spacial score (nSPS) is 27.9. The summed E-state index contributed by atoms with van der Waals surface area (Å²) in [7, 11) is 0. The summed E-state index contributed by atoms with van der Waals surface area (Å²) in [5.41, 5.74) is 0.982. The number of Topliss-reactive ketones (excluding diaryl/α,β-unsaturated/α-hetero) is 2. The lowest BCUT2D eigenvalue weighted by molar-refractivity contribution is -0.488. The van der Waals surface area contributed by atoms with Crippen LogP contribution in [0.3, 0.4) is 0 Å². The SMILES string of the molecule is O=C1CC(C[N+](=O)[O-])CC2Cc3cccc(O)c3C(=O)C12. The number of carbonyl (C=O) groups is 2. The topological polar surface area (TPSA) is 97.5 Å². The second-order valence-corrected chi connectivity index (χ2v) is 5.90. The van der Waals surface area contributed by atoms with Crippen molar-refractivity contribution in [2.45, 2.75) is 19.3 Å². The predicted octanol–water partition coefficient (Wildman–Crippen LogP) is 1.62. The molecule has 1 fully saturated rings. The van der Waals surface area contributed by atoms with Gasteiger partial charge in [0, 0.05) is 17.3 Å². The molecule has 1 aromatic rings. The molecule has 3 rings (SSSR count). The van der Waals surface area contributed by atoms with Crippen LogP contribution in [0.4, 0.5) is 0 Å². The number of carbonyl (C=O) groups excluding carboxylic acids is 2. The summed E-state index contributed by atoms with van der Waals surface area (Å²) in [6, 6.07) is 4.88. The third-order valence-electron chi connectivity index (χ3n) is 4.49. The van der Waals surface area contributed by atoms with Crippen molar-refractivity contribution >= 4 is 11.6 Å². The van der Waals surface area contributed by atoms with E-state index < -0.39 is 10.8 Å². The lowest BCUT2D eigenvalue weighted by Gasteiger charge is -2.36. The molecule has 0 bridgehead atoms. The Morgan fingerprint density at radius 2 is 2.05 bits per heavy atom. The number of aromatic hydroxyl groups is 1. The third kappa shape index (κ3) is 2.30. The minimum atomic E-state index is -0.742. The van der Waals surface area contributed by atoms with Gasteiger partial charge in [0.25, 0.3) is 0 Å². The van der Waals surface area contributed by atoms with Gasteiger partial charge in [0.1, 0.15) is 11.5 Å². The van der Waals surface area contributed by atoms with Crippen molar-refractivity contribution in [2.24, 2.45) is 17.8 Å². The molecular formula is C15H15NO5. The van der Waals surface area contributed by atoms with E-state index >= 15 is 0 Å². The first-order valence-corrected chi connectivity index (χ1v) is 6.97. The van der Waals surface area contributed by atoms with Gasteiger partial charge in [0.2, 0.25) is 6.54 Å². The van der Waals surface area contributed by atoms with E-state index in [1.807, 2.05) is 0 Å². The molecule has 6 heteroatoms. The highest BCUT2D eigenvalue weighted by atomic mass is 16.6. The lowest BCUT2D eigenvalue weighted by Crippen LogP contribution is -2.43. The first-order valence-electron chi connectivity index (χ1n) is 6.97. The van der Waals surface area contributed by atoms with Crippen LogP contribution in [-0.2, 0) is 11.2 Å². The summed E-state index contributed by atoms with van der Waals surface area (Å²) in [5, 5.41) is 20.5. The Kier molecular flexibility index (Phi) is 3.23. The Labute approximate surface area is 120 Å². The maximum atomic E-state index is 12.5. The molecule has 0 aliphatic heterocycles. The predicted molar refractivity (Wildman–Crippen MR) is 72.7 cm³/mol. The summed E-state index contributed by atoms with van der Waals surface area (Å²) in [6.45, 7) is -0.226. The number of benzene rings is 1. The molecule has 0 radical (unpaired) electrons. The zero-order valence-corrected chi connectivity index (χ0v) is 11.3. The van der Waals surface area contributed by atoms with E-state index in [9.17, 15) is 24.8 Å². The number of rotatable bonds is 2. The lowest BCUT2D eigenvalue weighted by atomic mass is 9.64. The van der Waals surface area contributed by atoms with Crippen LogP contribution in [0.2, 0.25) is 0 Å². The number of ketones is 2. The highest BCUT2D eigenvalue weighted by Gasteiger charge is 2.46. The first-order chi connectivity index (χ1) is 9.97. The van der Waals surface area contributed by atoms with Gasteiger partial charge in [-0.3, -0.25) is 19.7 Å². The molecule has 0 aromatic heterocycles. The maximum absolute atomic E-state index is 12.5. The molecule has 110 valence electrons. The van der Waals surface area contributed by atoms with Gasteiger partial charge in [0.15, 0.2) is 5.78 Å². The molecule has 1 aromatic carbocycles. The molecule has 0 amide bonds. The zero-order valence-electron chi connectivity index (χ0n) is 11.3. The van der Waals surface area contributed by atoms with Gasteiger partial charge < -0.3 is 5.11 Å². The standard InChI is InChI=1S/C15H15NO5/c17-11-3-1-2-9-6-10-4-8(7-16(20)21)5-12(18)14(10)15(19)13(9)11/h1-3,8,10,14,17H,4-7H2. The van der Waals surface area contributed by atoms with E-state index in [0.717, 1.165) is 5.56 Å². The summed E-state index contributed by atoms with van der Waals surface area (Å²) in [6.07, 6.45) is 1.11. The Morgan fingerprint density at radius 3 is 2.76 bits per heavy atom. The molecule has 2 aliphatic carbocycles. The number of fused-ring (bicyclic) bond motifs is 2. The van der Waals surface area contributed by atoms with Gasteiger partial charge in [-0.15, -0.1) is 0 Å². The van der Waals surface area contributed by atoms with E-state index in [4.69, 9.17) is 0 Å². The number of hydrogen-bond donors (Lipinski definition) is 1. The molecule has 0 saturated heterocycles. The average Bonchev–Trinajstić information content (AvgIpc) is 2.36. The highest BCUT2D eigenvalue weighted by Crippen LogP contribution is 2.42. The van der Waals surface area contributed by atoms with Crippen LogP contribution in [0.1, 0.15) is 28.8 Å². The average molecular weight is 289 g/mol. The van der Waals surface area contributed by atoms with Crippen molar-refractivity contribution in [2.75, 3.05) is 6.54 Å². The van der Waals surface area contributed by atoms with Gasteiger partial charge in [0.05, 0.1) is 11.5 Å². The van der Waals surface area contributed by atoms with Crippen LogP contribution in [-0.4, -0.2) is 28.1 Å². The number of hydrogen-bond acceptors (Lipinski definition) is 5. The molecule has 6 nitrogen and oxygen atoms in total. The molecular weight excluding hydrogens is 274 g/mol.